The SMILES string of the molecule is O=C1[C@@H]2[C@@H](c3ccccc3)N(c3ccccc3)O[C@H]2C(=O)N1c1ccc2ccccc2c1. The molecule has 0 aromatic heterocycles. The van der Waals surface area contributed by atoms with Crippen molar-refractivity contribution in [2.75, 3.05) is 9.96 Å². The Morgan fingerprint density at radius 3 is 2.03 bits per heavy atom. The summed E-state index contributed by atoms with van der Waals surface area (Å²) in [5.74, 6) is -1.19. The zero-order valence-electron chi connectivity index (χ0n) is 17.2. The zero-order chi connectivity index (χ0) is 21.7. The Morgan fingerprint density at radius 1 is 0.625 bits per heavy atom. The highest BCUT2D eigenvalue weighted by molar-refractivity contribution is 6.24. The molecule has 6 rings (SSSR count). The van der Waals surface area contributed by atoms with E-state index in [1.54, 1.807) is 5.06 Å². The van der Waals surface area contributed by atoms with Gasteiger partial charge in [-0.2, -0.15) is 0 Å². The fraction of sp³-hybridized carbons (Fsp3) is 0.111. The van der Waals surface area contributed by atoms with E-state index in [2.05, 4.69) is 0 Å². The van der Waals surface area contributed by atoms with Gasteiger partial charge >= 0.3 is 0 Å². The molecule has 2 aliphatic rings. The summed E-state index contributed by atoms with van der Waals surface area (Å²) in [7, 11) is 0. The highest BCUT2D eigenvalue weighted by Gasteiger charge is 2.60. The minimum Gasteiger partial charge on any atom is -0.273 e. The molecule has 2 fully saturated rings. The van der Waals surface area contributed by atoms with Crippen LogP contribution in [0.25, 0.3) is 10.8 Å². The van der Waals surface area contributed by atoms with Crippen molar-refractivity contribution in [2.24, 2.45) is 5.92 Å². The maximum Gasteiger partial charge on any atom is 0.266 e. The number of benzene rings is 4. The van der Waals surface area contributed by atoms with Gasteiger partial charge in [-0.05, 0) is 40.6 Å². The minimum atomic E-state index is -0.862. The second kappa shape index (κ2) is 7.32. The van der Waals surface area contributed by atoms with Crippen LogP contribution in [0.1, 0.15) is 11.6 Å². The summed E-state index contributed by atoms with van der Waals surface area (Å²) >= 11 is 0. The Kier molecular flexibility index (Phi) is 4.30. The second-order valence-corrected chi connectivity index (χ2v) is 8.11. The van der Waals surface area contributed by atoms with Gasteiger partial charge in [0.1, 0.15) is 5.92 Å². The van der Waals surface area contributed by atoms with Gasteiger partial charge in [0.25, 0.3) is 5.91 Å². The largest absolute Gasteiger partial charge is 0.273 e. The van der Waals surface area contributed by atoms with Gasteiger partial charge in [-0.15, -0.1) is 0 Å². The highest BCUT2D eigenvalue weighted by atomic mass is 16.7. The molecule has 5 nitrogen and oxygen atoms in total. The van der Waals surface area contributed by atoms with Crippen LogP contribution in [-0.2, 0) is 14.4 Å². The average Bonchev–Trinajstić information content (AvgIpc) is 3.36. The molecule has 2 amide bonds. The molecule has 2 saturated heterocycles. The lowest BCUT2D eigenvalue weighted by Crippen LogP contribution is -2.37. The summed E-state index contributed by atoms with van der Waals surface area (Å²) < 4.78 is 0. The third-order valence-electron chi connectivity index (χ3n) is 6.26. The van der Waals surface area contributed by atoms with Gasteiger partial charge in [0.05, 0.1) is 17.4 Å². The molecule has 0 aliphatic carbocycles. The van der Waals surface area contributed by atoms with E-state index >= 15 is 0 Å². The van der Waals surface area contributed by atoms with E-state index in [9.17, 15) is 9.59 Å². The Hall–Kier alpha value is -3.96. The number of imide groups is 1. The number of hydroxylamine groups is 1. The molecule has 3 atom stereocenters. The molecule has 4 aromatic rings. The zero-order valence-corrected chi connectivity index (χ0v) is 17.2. The van der Waals surface area contributed by atoms with Gasteiger partial charge in [-0.25, -0.2) is 9.96 Å². The van der Waals surface area contributed by atoms with Crippen molar-refractivity contribution in [3.8, 4) is 0 Å². The normalized spacial score (nSPS) is 22.6. The molecule has 0 radical (unpaired) electrons. The summed E-state index contributed by atoms with van der Waals surface area (Å²) in [6, 6.07) is 32.5. The van der Waals surface area contributed by atoms with Crippen LogP contribution in [0, 0.1) is 5.92 Å². The molecule has 0 spiro atoms. The second-order valence-electron chi connectivity index (χ2n) is 8.11. The molecule has 156 valence electrons. The van der Waals surface area contributed by atoms with E-state index in [0.717, 1.165) is 22.0 Å². The number of para-hydroxylation sites is 1. The van der Waals surface area contributed by atoms with Gasteiger partial charge < -0.3 is 0 Å². The predicted molar refractivity (Wildman–Crippen MR) is 123 cm³/mol. The van der Waals surface area contributed by atoms with Crippen LogP contribution in [0.3, 0.4) is 0 Å². The minimum absolute atomic E-state index is 0.234. The van der Waals surface area contributed by atoms with E-state index in [-0.39, 0.29) is 11.8 Å². The molecule has 0 N–H and O–H groups in total. The third-order valence-corrected chi connectivity index (χ3v) is 6.26. The molecule has 4 aromatic carbocycles. The van der Waals surface area contributed by atoms with Crippen LogP contribution >= 0.6 is 0 Å². The molecular formula is C27H20N2O3. The molecule has 0 unspecified atom stereocenters. The molecule has 5 heteroatoms. The maximum atomic E-state index is 13.7. The molecule has 0 saturated carbocycles. The van der Waals surface area contributed by atoms with Crippen molar-refractivity contribution in [1.29, 1.82) is 0 Å². The van der Waals surface area contributed by atoms with Crippen LogP contribution < -0.4 is 9.96 Å². The van der Waals surface area contributed by atoms with Crippen molar-refractivity contribution in [2.45, 2.75) is 12.1 Å². The fourth-order valence-corrected chi connectivity index (χ4v) is 4.77. The number of fused-ring (bicyclic) bond motifs is 2. The number of carbonyl (C=O) groups is 2. The first kappa shape index (κ1) is 18.8. The number of rotatable bonds is 3. The van der Waals surface area contributed by atoms with Crippen LogP contribution in [0.15, 0.2) is 103 Å². The predicted octanol–water partition coefficient (Wildman–Crippen LogP) is 4.89. The van der Waals surface area contributed by atoms with Gasteiger partial charge in [0.2, 0.25) is 5.91 Å². The number of hydrogen-bond acceptors (Lipinski definition) is 4. The summed E-state index contributed by atoms with van der Waals surface area (Å²) in [5.41, 5.74) is 2.33. The smallest absolute Gasteiger partial charge is 0.266 e. The lowest BCUT2D eigenvalue weighted by molar-refractivity contribution is -0.126. The number of anilines is 2. The van der Waals surface area contributed by atoms with Crippen LogP contribution in [0.2, 0.25) is 0 Å². The van der Waals surface area contributed by atoms with Gasteiger partial charge in [0.15, 0.2) is 6.10 Å². The van der Waals surface area contributed by atoms with Crippen LogP contribution in [-0.4, -0.2) is 17.9 Å². The Balaban J connectivity index is 1.43. The molecular weight excluding hydrogens is 400 g/mol. The number of nitrogens with zero attached hydrogens (tertiary/aromatic N) is 2. The Labute approximate surface area is 185 Å². The van der Waals surface area contributed by atoms with E-state index in [4.69, 9.17) is 4.84 Å². The van der Waals surface area contributed by atoms with Crippen LogP contribution in [0.5, 0.6) is 0 Å². The standard InChI is InChI=1S/C27H20N2O3/c30-26-23-24(19-10-3-1-4-11-19)29(21-13-5-2-6-14-21)32-25(23)27(31)28(26)22-16-15-18-9-7-8-12-20(18)17-22/h1-17,23-25H/t23-,24-,25-/m1/s1. The first-order valence-electron chi connectivity index (χ1n) is 10.6. The fourth-order valence-electron chi connectivity index (χ4n) is 4.77. The average molecular weight is 420 g/mol. The monoisotopic (exact) mass is 420 g/mol. The molecule has 2 heterocycles. The highest BCUT2D eigenvalue weighted by Crippen LogP contribution is 2.47. The lowest BCUT2D eigenvalue weighted by atomic mass is 9.90. The summed E-state index contributed by atoms with van der Waals surface area (Å²) in [4.78, 5) is 34.6. The van der Waals surface area contributed by atoms with Gasteiger partial charge in [-0.3, -0.25) is 14.4 Å². The number of hydrogen-bond donors (Lipinski definition) is 0. The van der Waals surface area contributed by atoms with Crippen molar-refractivity contribution < 1.29 is 14.4 Å². The lowest BCUT2D eigenvalue weighted by Gasteiger charge is -2.28. The Morgan fingerprint density at radius 2 is 1.28 bits per heavy atom. The topological polar surface area (TPSA) is 49.9 Å². The summed E-state index contributed by atoms with van der Waals surface area (Å²) in [5, 5.41) is 3.76. The Bertz CT molecular complexity index is 1320. The first-order valence-corrected chi connectivity index (χ1v) is 10.6. The van der Waals surface area contributed by atoms with Crippen molar-refractivity contribution in [3.05, 3.63) is 109 Å². The van der Waals surface area contributed by atoms with Crippen molar-refractivity contribution in [3.63, 3.8) is 0 Å². The maximum absolute atomic E-state index is 13.7. The molecule has 0 bridgehead atoms. The van der Waals surface area contributed by atoms with E-state index < -0.39 is 18.1 Å². The van der Waals surface area contributed by atoms with Crippen LogP contribution in [0.4, 0.5) is 11.4 Å². The first-order chi connectivity index (χ1) is 15.7. The number of amides is 2. The number of carbonyl (C=O) groups excluding carboxylic acids is 2. The van der Waals surface area contributed by atoms with Crippen molar-refractivity contribution >= 4 is 34.0 Å². The van der Waals surface area contributed by atoms with E-state index in [0.29, 0.717) is 5.69 Å². The summed E-state index contributed by atoms with van der Waals surface area (Å²) in [6.45, 7) is 0. The quantitative estimate of drug-likeness (QED) is 0.443. The van der Waals surface area contributed by atoms with Gasteiger partial charge in [0, 0.05) is 0 Å². The third kappa shape index (κ3) is 2.82. The van der Waals surface area contributed by atoms with Crippen molar-refractivity contribution in [1.82, 2.24) is 0 Å². The van der Waals surface area contributed by atoms with E-state index in [1.807, 2.05) is 103 Å². The molecule has 32 heavy (non-hydrogen) atoms. The summed E-state index contributed by atoms with van der Waals surface area (Å²) in [6.07, 6.45) is -0.862. The van der Waals surface area contributed by atoms with E-state index in [1.165, 1.54) is 4.90 Å². The van der Waals surface area contributed by atoms with Gasteiger partial charge in [-0.1, -0.05) is 78.9 Å². The molecule has 2 aliphatic heterocycles.